The minimum Gasteiger partial charge on any atom is -0.305 e. The first-order chi connectivity index (χ1) is 9.79. The fraction of sp³-hybridized carbons (Fsp3) is 0.727. The molecule has 0 aliphatic carbocycles. The zero-order valence-electron chi connectivity index (χ0n) is 12.5. The summed E-state index contributed by atoms with van der Waals surface area (Å²) in [7, 11) is -8.04. The van der Waals surface area contributed by atoms with Gasteiger partial charge in [-0.25, -0.2) is 0 Å². The smallest absolute Gasteiger partial charge is 0.305 e. The summed E-state index contributed by atoms with van der Waals surface area (Å²) in [5, 5.41) is -1.47. The third kappa shape index (κ3) is 6.33. The molecule has 0 atom stereocenters. The van der Waals surface area contributed by atoms with Crippen molar-refractivity contribution in [1.29, 1.82) is 0 Å². The summed E-state index contributed by atoms with van der Waals surface area (Å²) in [6, 6.07) is 0. The van der Waals surface area contributed by atoms with E-state index >= 15 is 0 Å². The predicted octanol–water partition coefficient (Wildman–Crippen LogP) is 4.13. The molecule has 0 aromatic carbocycles. The Labute approximate surface area is 130 Å². The molecule has 0 radical (unpaired) electrons. The third-order valence-corrected chi connectivity index (χ3v) is 7.35. The van der Waals surface area contributed by atoms with E-state index in [1.807, 2.05) is 0 Å². The minimum absolute atomic E-state index is 0.0172. The zero-order valence-corrected chi connectivity index (χ0v) is 15.1. The maximum atomic E-state index is 12.8. The Hall–Kier alpha value is -0.0000000000000000971. The van der Waals surface area contributed by atoms with Crippen LogP contribution in [0.25, 0.3) is 0 Å². The predicted molar refractivity (Wildman–Crippen MR) is 80.7 cm³/mol. The van der Waals surface area contributed by atoms with Crippen LogP contribution >= 0.6 is 26.8 Å². The fourth-order valence-electron chi connectivity index (χ4n) is 1.43. The van der Waals surface area contributed by atoms with Crippen LogP contribution in [0.3, 0.4) is 0 Å². The Bertz CT molecular complexity index is 411. The van der Waals surface area contributed by atoms with Crippen molar-refractivity contribution >= 4 is 32.0 Å². The van der Waals surface area contributed by atoms with Crippen molar-refractivity contribution in [3.05, 3.63) is 11.1 Å². The van der Waals surface area contributed by atoms with E-state index in [0.717, 1.165) is 6.08 Å². The molecule has 124 valence electrons. The summed E-state index contributed by atoms with van der Waals surface area (Å²) in [5.74, 6) is 0. The number of carbonyl (C=O) groups excluding carboxylic acids is 1. The lowest BCUT2D eigenvalue weighted by Gasteiger charge is -2.25. The van der Waals surface area contributed by atoms with Crippen LogP contribution in [0.15, 0.2) is 11.1 Å². The Kier molecular flexibility index (Phi) is 9.90. The molecule has 0 spiro atoms. The molecule has 0 fully saturated rings. The largest absolute Gasteiger partial charge is 0.369 e. The number of hydrogen-bond donors (Lipinski definition) is 0. The lowest BCUT2D eigenvalue weighted by Crippen LogP contribution is -2.05. The van der Waals surface area contributed by atoms with Gasteiger partial charge in [-0.15, -0.1) is 0 Å². The first-order valence-corrected chi connectivity index (χ1v) is 9.96. The first-order valence-electron chi connectivity index (χ1n) is 6.50. The molecule has 0 rings (SSSR count). The average Bonchev–Trinajstić information content (AvgIpc) is 2.36. The molecule has 7 nitrogen and oxygen atoms in total. The highest BCUT2D eigenvalue weighted by molar-refractivity contribution is 7.78. The van der Waals surface area contributed by atoms with Crippen LogP contribution in [-0.2, 0) is 32.0 Å². The second-order valence-corrected chi connectivity index (χ2v) is 8.18. The van der Waals surface area contributed by atoms with E-state index in [0.29, 0.717) is 0 Å². The molecule has 10 heteroatoms. The Balaban J connectivity index is 6.01. The summed E-state index contributed by atoms with van der Waals surface area (Å²) in [6.07, 6.45) is 0.722. The van der Waals surface area contributed by atoms with Gasteiger partial charge in [0.25, 0.3) is 0 Å². The lowest BCUT2D eigenvalue weighted by molar-refractivity contribution is -0.107. The van der Waals surface area contributed by atoms with Crippen molar-refractivity contribution in [2.75, 3.05) is 26.4 Å². The molecule has 0 aliphatic heterocycles. The maximum absolute atomic E-state index is 12.8. The van der Waals surface area contributed by atoms with Gasteiger partial charge in [0.1, 0.15) is 0 Å². The maximum Gasteiger partial charge on any atom is 0.369 e. The molecule has 21 heavy (non-hydrogen) atoms. The van der Waals surface area contributed by atoms with Crippen LogP contribution < -0.4 is 0 Å². The van der Waals surface area contributed by atoms with E-state index in [1.165, 1.54) is 0 Å². The third-order valence-electron chi connectivity index (χ3n) is 2.00. The molecule has 0 heterocycles. The molecule has 0 aromatic rings. The van der Waals surface area contributed by atoms with Gasteiger partial charge >= 0.3 is 15.2 Å². The quantitative estimate of drug-likeness (QED) is 0.310. The zero-order chi connectivity index (χ0) is 16.5. The molecular weight excluding hydrogens is 342 g/mol. The molecular formula is C11H21ClO7P2. The summed E-state index contributed by atoms with van der Waals surface area (Å²) >= 11 is 5.31. The Morgan fingerprint density at radius 3 is 1.33 bits per heavy atom. The number of hydrogen-bond acceptors (Lipinski definition) is 7. The Morgan fingerprint density at radius 1 is 0.857 bits per heavy atom. The van der Waals surface area contributed by atoms with Crippen molar-refractivity contribution in [3.8, 4) is 0 Å². The van der Waals surface area contributed by atoms with E-state index < -0.39 is 25.5 Å². The van der Waals surface area contributed by atoms with Gasteiger partial charge in [0.05, 0.1) is 26.4 Å². The molecule has 0 saturated heterocycles. The van der Waals surface area contributed by atoms with Crippen LogP contribution in [-0.4, -0.2) is 31.7 Å². The van der Waals surface area contributed by atoms with Gasteiger partial charge in [-0.05, 0) is 39.3 Å². The molecule has 0 aliphatic rings. The van der Waals surface area contributed by atoms with Gasteiger partial charge in [0, 0.05) is 6.08 Å². The number of carbonyl (C=O) groups is 1. The van der Waals surface area contributed by atoms with Crippen molar-refractivity contribution in [2.24, 2.45) is 0 Å². The van der Waals surface area contributed by atoms with Crippen LogP contribution in [0.5, 0.6) is 0 Å². The SMILES string of the molecule is CCOP(=O)(OCC)C(=CC(=O)Cl)P(=O)(OCC)OCC. The van der Waals surface area contributed by atoms with Crippen LogP contribution in [0, 0.1) is 0 Å². The van der Waals surface area contributed by atoms with Crippen molar-refractivity contribution < 1.29 is 32.0 Å². The second kappa shape index (κ2) is 9.90. The van der Waals surface area contributed by atoms with Gasteiger partial charge in [-0.2, -0.15) is 0 Å². The van der Waals surface area contributed by atoms with Gasteiger partial charge in [0.15, 0.2) is 5.06 Å². The Morgan fingerprint density at radius 2 is 1.14 bits per heavy atom. The average molecular weight is 363 g/mol. The molecule has 0 bridgehead atoms. The van der Waals surface area contributed by atoms with E-state index in [4.69, 9.17) is 29.7 Å². The van der Waals surface area contributed by atoms with Gasteiger partial charge < -0.3 is 18.1 Å². The summed E-state index contributed by atoms with van der Waals surface area (Å²) in [6.45, 7) is 6.39. The monoisotopic (exact) mass is 362 g/mol. The molecule has 0 amide bonds. The van der Waals surface area contributed by atoms with Crippen molar-refractivity contribution in [2.45, 2.75) is 27.7 Å². The van der Waals surface area contributed by atoms with Crippen LogP contribution in [0.2, 0.25) is 0 Å². The van der Waals surface area contributed by atoms with Crippen molar-refractivity contribution in [3.63, 3.8) is 0 Å². The van der Waals surface area contributed by atoms with Gasteiger partial charge in [-0.3, -0.25) is 13.9 Å². The molecule has 0 saturated carbocycles. The van der Waals surface area contributed by atoms with Gasteiger partial charge in [-0.1, -0.05) is 0 Å². The molecule has 0 unspecified atom stereocenters. The number of halogens is 1. The van der Waals surface area contributed by atoms with E-state index in [1.54, 1.807) is 27.7 Å². The molecule has 0 N–H and O–H groups in total. The number of allylic oxidation sites excluding steroid dienone is 1. The van der Waals surface area contributed by atoms with Crippen LogP contribution in [0.4, 0.5) is 0 Å². The summed E-state index contributed by atoms with van der Waals surface area (Å²) in [5.41, 5.74) is 0. The van der Waals surface area contributed by atoms with E-state index in [2.05, 4.69) is 0 Å². The van der Waals surface area contributed by atoms with Gasteiger partial charge in [0.2, 0.25) is 5.24 Å². The highest BCUT2D eigenvalue weighted by Gasteiger charge is 2.45. The second-order valence-electron chi connectivity index (χ2n) is 3.47. The number of rotatable bonds is 11. The summed E-state index contributed by atoms with van der Waals surface area (Å²) < 4.78 is 46.0. The first kappa shape index (κ1) is 21.0. The standard InChI is InChI=1S/C11H21ClO7P2/c1-5-16-20(14,17-6-2)11(9-10(12)13)21(15,18-7-3)19-8-4/h9H,5-8H2,1-4H3. The fourth-order valence-corrected chi connectivity index (χ4v) is 6.17. The van der Waals surface area contributed by atoms with E-state index in [9.17, 15) is 13.9 Å². The summed E-state index contributed by atoms with van der Waals surface area (Å²) in [4.78, 5) is 11.2. The normalized spacial score (nSPS) is 12.2. The molecule has 0 aromatic heterocycles. The topological polar surface area (TPSA) is 88.1 Å². The van der Waals surface area contributed by atoms with E-state index in [-0.39, 0.29) is 26.4 Å². The van der Waals surface area contributed by atoms with Crippen molar-refractivity contribution in [1.82, 2.24) is 0 Å². The minimum atomic E-state index is -4.02. The lowest BCUT2D eigenvalue weighted by atomic mass is 10.7. The van der Waals surface area contributed by atoms with Crippen LogP contribution in [0.1, 0.15) is 27.7 Å². The highest BCUT2D eigenvalue weighted by atomic mass is 35.5. The highest BCUT2D eigenvalue weighted by Crippen LogP contribution is 2.73.